The van der Waals surface area contributed by atoms with Crippen LogP contribution < -0.4 is 14.8 Å². The molecular formula is C19H17F2NO5S. The molecule has 0 radical (unpaired) electrons. The van der Waals surface area contributed by atoms with Gasteiger partial charge in [0, 0.05) is 42.3 Å². The number of ketones is 2. The minimum atomic E-state index is -3.73. The Morgan fingerprint density at radius 2 is 1.71 bits per heavy atom. The second-order valence-electron chi connectivity index (χ2n) is 6.25. The number of carbonyl (C=O) groups is 3. The van der Waals surface area contributed by atoms with Crippen LogP contribution in [0.4, 0.5) is 14.5 Å². The van der Waals surface area contributed by atoms with Crippen LogP contribution in [0.25, 0.3) is 0 Å². The molecule has 28 heavy (non-hydrogen) atoms. The molecule has 3 rings (SSSR count). The molecule has 1 aromatic heterocycles. The highest BCUT2D eigenvalue weighted by Gasteiger charge is 2.43. The Morgan fingerprint density at radius 1 is 1.00 bits per heavy atom. The van der Waals surface area contributed by atoms with Crippen LogP contribution in [0.15, 0.2) is 30.3 Å². The normalized spacial score (nSPS) is 14.0. The van der Waals surface area contributed by atoms with Gasteiger partial charge in [-0.2, -0.15) is 0 Å². The molecule has 0 atom stereocenters. The number of ether oxygens (including phenoxy) is 2. The molecule has 0 saturated heterocycles. The maximum absolute atomic E-state index is 13.0. The van der Waals surface area contributed by atoms with Crippen molar-refractivity contribution in [1.29, 1.82) is 0 Å². The molecule has 0 spiro atoms. The number of rotatable bonds is 8. The number of hydrogen-bond donors (Lipinski definition) is 1. The predicted octanol–water partition coefficient (Wildman–Crippen LogP) is 4.33. The van der Waals surface area contributed by atoms with E-state index < -0.39 is 12.2 Å². The van der Waals surface area contributed by atoms with Crippen molar-refractivity contribution in [2.75, 3.05) is 5.32 Å². The molecular weight excluding hydrogens is 392 g/mol. The van der Waals surface area contributed by atoms with Gasteiger partial charge < -0.3 is 14.8 Å². The van der Waals surface area contributed by atoms with Crippen molar-refractivity contribution in [3.05, 3.63) is 40.1 Å². The number of nitrogens with one attached hydrogen (secondary N) is 1. The third-order valence-electron chi connectivity index (χ3n) is 3.96. The molecule has 148 valence electrons. The molecule has 0 fully saturated rings. The Balaban J connectivity index is 1.42. The van der Waals surface area contributed by atoms with Gasteiger partial charge in [-0.15, -0.1) is 20.1 Å². The molecule has 0 bridgehead atoms. The highest BCUT2D eigenvalue weighted by atomic mass is 32.1. The van der Waals surface area contributed by atoms with Crippen LogP contribution in [0.1, 0.15) is 40.2 Å². The number of anilines is 1. The summed E-state index contributed by atoms with van der Waals surface area (Å²) in [7, 11) is 0. The van der Waals surface area contributed by atoms with E-state index in [4.69, 9.17) is 0 Å². The number of amides is 1. The fraction of sp³-hybridized carbons (Fsp3) is 0.316. The number of carbonyl (C=O) groups excluding carboxylic acids is 3. The van der Waals surface area contributed by atoms with Crippen LogP contribution in [-0.4, -0.2) is 23.8 Å². The molecule has 2 aromatic rings. The first-order chi connectivity index (χ1) is 13.2. The highest BCUT2D eigenvalue weighted by Crippen LogP contribution is 2.42. The number of Topliss-reactive ketones (excluding diaryl/α,β-unsaturated/α-hetero) is 2. The lowest BCUT2D eigenvalue weighted by atomic mass is 10.1. The van der Waals surface area contributed by atoms with Crippen molar-refractivity contribution >= 4 is 34.5 Å². The summed E-state index contributed by atoms with van der Waals surface area (Å²) in [6.07, 6.45) is -3.63. The van der Waals surface area contributed by atoms with Gasteiger partial charge in [-0.3, -0.25) is 14.4 Å². The van der Waals surface area contributed by atoms with Crippen molar-refractivity contribution in [3.8, 4) is 11.5 Å². The van der Waals surface area contributed by atoms with Crippen molar-refractivity contribution in [1.82, 2.24) is 0 Å². The van der Waals surface area contributed by atoms with Crippen molar-refractivity contribution in [3.63, 3.8) is 0 Å². The first-order valence-corrected chi connectivity index (χ1v) is 9.34. The first kappa shape index (κ1) is 19.9. The molecule has 1 N–H and O–H groups in total. The first-order valence-electron chi connectivity index (χ1n) is 8.53. The summed E-state index contributed by atoms with van der Waals surface area (Å²) in [4.78, 5) is 37.5. The minimum Gasteiger partial charge on any atom is -0.395 e. The number of benzene rings is 1. The Labute approximate surface area is 163 Å². The van der Waals surface area contributed by atoms with Crippen LogP contribution in [-0.2, 0) is 9.59 Å². The minimum absolute atomic E-state index is 0.00873. The van der Waals surface area contributed by atoms with Gasteiger partial charge in [0.1, 0.15) is 5.78 Å². The van der Waals surface area contributed by atoms with E-state index in [1.54, 1.807) is 6.07 Å². The third kappa shape index (κ3) is 5.13. The molecule has 1 aliphatic rings. The number of aryl methyl sites for hydroxylation is 1. The summed E-state index contributed by atoms with van der Waals surface area (Å²) in [5.41, 5.74) is 0.251. The summed E-state index contributed by atoms with van der Waals surface area (Å²) in [5, 5.41) is 2.51. The second kappa shape index (κ2) is 8.05. The summed E-state index contributed by atoms with van der Waals surface area (Å²) < 4.78 is 34.6. The molecule has 9 heteroatoms. The molecule has 1 amide bonds. The number of thiophene rings is 1. The van der Waals surface area contributed by atoms with E-state index in [2.05, 4.69) is 14.8 Å². The van der Waals surface area contributed by atoms with Gasteiger partial charge in [-0.05, 0) is 31.2 Å². The van der Waals surface area contributed by atoms with E-state index in [1.807, 2.05) is 13.0 Å². The molecule has 2 heterocycles. The predicted molar refractivity (Wildman–Crippen MR) is 98.1 cm³/mol. The van der Waals surface area contributed by atoms with Gasteiger partial charge in [-0.25, -0.2) is 0 Å². The molecule has 0 saturated carbocycles. The fourth-order valence-corrected chi connectivity index (χ4v) is 3.42. The van der Waals surface area contributed by atoms with Gasteiger partial charge >= 0.3 is 6.29 Å². The largest absolute Gasteiger partial charge is 0.586 e. The highest BCUT2D eigenvalue weighted by molar-refractivity contribution is 7.14. The summed E-state index contributed by atoms with van der Waals surface area (Å²) in [6.45, 7) is 1.90. The van der Waals surface area contributed by atoms with E-state index in [-0.39, 0.29) is 54.4 Å². The molecule has 6 nitrogen and oxygen atoms in total. The van der Waals surface area contributed by atoms with Crippen LogP contribution in [0.2, 0.25) is 0 Å². The van der Waals surface area contributed by atoms with Crippen molar-refractivity contribution in [2.45, 2.75) is 38.9 Å². The number of hydrogen-bond acceptors (Lipinski definition) is 6. The van der Waals surface area contributed by atoms with Crippen LogP contribution in [0.3, 0.4) is 0 Å². The molecule has 0 aliphatic carbocycles. The van der Waals surface area contributed by atoms with Gasteiger partial charge in [0.25, 0.3) is 0 Å². The monoisotopic (exact) mass is 409 g/mol. The quantitative estimate of drug-likeness (QED) is 0.657. The van der Waals surface area contributed by atoms with Crippen molar-refractivity contribution < 1.29 is 32.6 Å². The Morgan fingerprint density at radius 3 is 2.43 bits per heavy atom. The van der Waals surface area contributed by atoms with E-state index in [9.17, 15) is 23.2 Å². The Hall–Kier alpha value is -2.81. The van der Waals surface area contributed by atoms with E-state index in [1.165, 1.54) is 29.5 Å². The molecule has 1 aromatic carbocycles. The summed E-state index contributed by atoms with van der Waals surface area (Å²) in [6, 6.07) is 7.46. The zero-order valence-corrected chi connectivity index (χ0v) is 15.7. The van der Waals surface area contributed by atoms with Gasteiger partial charge in [-0.1, -0.05) is 0 Å². The molecule has 1 aliphatic heterocycles. The molecule has 0 unspecified atom stereocenters. The lowest BCUT2D eigenvalue weighted by Gasteiger charge is -2.06. The summed E-state index contributed by atoms with van der Waals surface area (Å²) >= 11 is 1.38. The number of halogens is 2. The van der Waals surface area contributed by atoms with Crippen LogP contribution in [0, 0.1) is 6.92 Å². The SMILES string of the molecule is Cc1ccc(C(=O)CCC(=O)CCC(=O)Nc2ccc3c(c2)OC(F)(F)O3)s1. The van der Waals surface area contributed by atoms with Gasteiger partial charge in [0.15, 0.2) is 17.3 Å². The van der Waals surface area contributed by atoms with E-state index in [0.29, 0.717) is 4.88 Å². The van der Waals surface area contributed by atoms with E-state index in [0.717, 1.165) is 4.88 Å². The Kier molecular flexibility index (Phi) is 5.73. The standard InChI is InChI=1S/C19H17F2NO5S/c1-11-2-8-17(28-11)14(24)6-4-13(23)5-9-18(25)22-12-3-7-15-16(10-12)27-19(20,21)26-15/h2-3,7-8,10H,4-6,9H2,1H3,(H,22,25). The zero-order valence-electron chi connectivity index (χ0n) is 14.9. The van der Waals surface area contributed by atoms with Crippen LogP contribution >= 0.6 is 11.3 Å². The van der Waals surface area contributed by atoms with Gasteiger partial charge in [0.2, 0.25) is 5.91 Å². The topological polar surface area (TPSA) is 81.7 Å². The Bertz CT molecular complexity index is 925. The lowest BCUT2D eigenvalue weighted by Crippen LogP contribution is -2.25. The third-order valence-corrected chi connectivity index (χ3v) is 5.00. The average Bonchev–Trinajstić information content (AvgIpc) is 3.18. The number of alkyl halides is 2. The van der Waals surface area contributed by atoms with Crippen molar-refractivity contribution in [2.24, 2.45) is 0 Å². The summed E-state index contributed by atoms with van der Waals surface area (Å²) in [5.74, 6) is -1.03. The lowest BCUT2D eigenvalue weighted by molar-refractivity contribution is -0.286. The maximum atomic E-state index is 13.0. The van der Waals surface area contributed by atoms with Gasteiger partial charge in [0.05, 0.1) is 4.88 Å². The van der Waals surface area contributed by atoms with E-state index >= 15 is 0 Å². The maximum Gasteiger partial charge on any atom is 0.586 e. The zero-order chi connectivity index (χ0) is 20.3. The fourth-order valence-electron chi connectivity index (χ4n) is 2.59. The smallest absolute Gasteiger partial charge is 0.395 e. The average molecular weight is 409 g/mol. The number of fused-ring (bicyclic) bond motifs is 1. The van der Waals surface area contributed by atoms with Crippen LogP contribution in [0.5, 0.6) is 11.5 Å². The second-order valence-corrected chi connectivity index (χ2v) is 7.54.